The predicted octanol–water partition coefficient (Wildman–Crippen LogP) is 2.73. The zero-order valence-electron chi connectivity index (χ0n) is 11.3. The molecule has 2 aromatic rings. The van der Waals surface area contributed by atoms with Gasteiger partial charge in [-0.3, -0.25) is 11.3 Å². The molecule has 1 aromatic carbocycles. The van der Waals surface area contributed by atoms with E-state index >= 15 is 0 Å². The van der Waals surface area contributed by atoms with Crippen LogP contribution in [0.15, 0.2) is 30.6 Å². The number of rotatable bonds is 6. The number of benzene rings is 1. The van der Waals surface area contributed by atoms with Crippen molar-refractivity contribution in [2.75, 3.05) is 0 Å². The molecular weight excluding hydrogens is 295 g/mol. The van der Waals surface area contributed by atoms with Crippen LogP contribution in [0.2, 0.25) is 10.0 Å². The lowest BCUT2D eigenvalue weighted by atomic mass is 10.0. The average Bonchev–Trinajstić information content (AvgIpc) is 2.82. The fraction of sp³-hybridized carbons (Fsp3) is 0.357. The van der Waals surface area contributed by atoms with Crippen molar-refractivity contribution >= 4 is 23.2 Å². The van der Waals surface area contributed by atoms with E-state index in [1.807, 2.05) is 29.9 Å². The molecule has 20 heavy (non-hydrogen) atoms. The van der Waals surface area contributed by atoms with Gasteiger partial charge < -0.3 is 4.57 Å². The van der Waals surface area contributed by atoms with Gasteiger partial charge in [-0.2, -0.15) is 0 Å². The lowest BCUT2D eigenvalue weighted by Crippen LogP contribution is -2.37. The number of nitrogens with two attached hydrogens (primary N) is 1. The number of nitrogens with zero attached hydrogens (tertiary/aromatic N) is 2. The zero-order valence-corrected chi connectivity index (χ0v) is 12.8. The van der Waals surface area contributed by atoms with Crippen molar-refractivity contribution in [2.45, 2.75) is 25.3 Å². The molecule has 6 heteroatoms. The maximum absolute atomic E-state index is 6.19. The van der Waals surface area contributed by atoms with Gasteiger partial charge in [0.05, 0.1) is 0 Å². The Morgan fingerprint density at radius 1 is 1.40 bits per heavy atom. The molecule has 4 nitrogen and oxygen atoms in total. The van der Waals surface area contributed by atoms with Gasteiger partial charge in [0.2, 0.25) is 0 Å². The van der Waals surface area contributed by atoms with Gasteiger partial charge in [-0.25, -0.2) is 4.98 Å². The van der Waals surface area contributed by atoms with Gasteiger partial charge >= 0.3 is 0 Å². The molecule has 0 saturated carbocycles. The van der Waals surface area contributed by atoms with Crippen molar-refractivity contribution in [2.24, 2.45) is 12.9 Å². The van der Waals surface area contributed by atoms with Crippen molar-refractivity contribution in [3.8, 4) is 0 Å². The second-order valence-electron chi connectivity index (χ2n) is 4.80. The first-order valence-corrected chi connectivity index (χ1v) is 7.22. The van der Waals surface area contributed by atoms with Crippen LogP contribution in [0.1, 0.15) is 17.8 Å². The Labute approximate surface area is 128 Å². The highest BCUT2D eigenvalue weighted by Crippen LogP contribution is 2.22. The number of aryl methyl sites for hydroxylation is 2. The molecule has 1 unspecified atom stereocenters. The van der Waals surface area contributed by atoms with Gasteiger partial charge in [0.1, 0.15) is 5.82 Å². The summed E-state index contributed by atoms with van der Waals surface area (Å²) >= 11 is 12.1. The molecular formula is C14H18Cl2N4. The minimum atomic E-state index is 0.144. The molecule has 3 N–H and O–H groups in total. The van der Waals surface area contributed by atoms with Gasteiger partial charge in [-0.15, -0.1) is 0 Å². The van der Waals surface area contributed by atoms with Crippen molar-refractivity contribution < 1.29 is 0 Å². The molecule has 0 aliphatic rings. The first kappa shape index (κ1) is 15.3. The smallest absolute Gasteiger partial charge is 0.108 e. The topological polar surface area (TPSA) is 55.9 Å². The second-order valence-corrected chi connectivity index (χ2v) is 5.64. The number of hydrogen-bond donors (Lipinski definition) is 2. The van der Waals surface area contributed by atoms with Gasteiger partial charge in [-0.05, 0) is 30.5 Å². The van der Waals surface area contributed by atoms with Crippen LogP contribution in [0.3, 0.4) is 0 Å². The molecule has 0 aliphatic heterocycles. The van der Waals surface area contributed by atoms with E-state index in [1.165, 1.54) is 0 Å². The average molecular weight is 313 g/mol. The Hall–Kier alpha value is -1.07. The molecule has 0 saturated heterocycles. The van der Waals surface area contributed by atoms with E-state index in [1.54, 1.807) is 12.3 Å². The molecule has 0 fully saturated rings. The summed E-state index contributed by atoms with van der Waals surface area (Å²) in [4.78, 5) is 4.31. The fourth-order valence-electron chi connectivity index (χ4n) is 2.14. The number of imidazole rings is 1. The summed E-state index contributed by atoms with van der Waals surface area (Å²) in [7, 11) is 1.99. The molecule has 0 aliphatic carbocycles. The van der Waals surface area contributed by atoms with Gasteiger partial charge in [0, 0.05) is 41.9 Å². The summed E-state index contributed by atoms with van der Waals surface area (Å²) in [6.07, 6.45) is 6.26. The molecule has 1 aromatic heterocycles. The lowest BCUT2D eigenvalue weighted by molar-refractivity contribution is 0.483. The maximum atomic E-state index is 6.19. The van der Waals surface area contributed by atoms with E-state index in [-0.39, 0.29) is 6.04 Å². The van der Waals surface area contributed by atoms with Crippen molar-refractivity contribution in [1.29, 1.82) is 0 Å². The number of aromatic nitrogens is 2. The van der Waals surface area contributed by atoms with Crippen LogP contribution in [0.4, 0.5) is 0 Å². The highest BCUT2D eigenvalue weighted by Gasteiger charge is 2.12. The quantitative estimate of drug-likeness (QED) is 0.637. The highest BCUT2D eigenvalue weighted by molar-refractivity contribution is 6.35. The summed E-state index contributed by atoms with van der Waals surface area (Å²) in [5.41, 5.74) is 3.89. The first-order chi connectivity index (χ1) is 9.60. The molecule has 0 spiro atoms. The van der Waals surface area contributed by atoms with E-state index < -0.39 is 0 Å². The van der Waals surface area contributed by atoms with Crippen LogP contribution in [0, 0.1) is 0 Å². The molecule has 0 bridgehead atoms. The normalized spacial score (nSPS) is 12.6. The minimum absolute atomic E-state index is 0.144. The Kier molecular flexibility index (Phi) is 5.43. The van der Waals surface area contributed by atoms with Crippen LogP contribution in [0.25, 0.3) is 0 Å². The summed E-state index contributed by atoms with van der Waals surface area (Å²) in [5.74, 6) is 6.68. The highest BCUT2D eigenvalue weighted by atomic mass is 35.5. The van der Waals surface area contributed by atoms with Crippen LogP contribution >= 0.6 is 23.2 Å². The number of hydrogen-bond acceptors (Lipinski definition) is 3. The van der Waals surface area contributed by atoms with E-state index in [0.717, 1.165) is 30.7 Å². The predicted molar refractivity (Wildman–Crippen MR) is 82.8 cm³/mol. The number of halogens is 2. The van der Waals surface area contributed by atoms with Gasteiger partial charge in [0.15, 0.2) is 0 Å². The Morgan fingerprint density at radius 2 is 2.20 bits per heavy atom. The van der Waals surface area contributed by atoms with E-state index in [0.29, 0.717) is 10.0 Å². The van der Waals surface area contributed by atoms with Crippen molar-refractivity contribution in [3.05, 3.63) is 52.0 Å². The minimum Gasteiger partial charge on any atom is -0.338 e. The summed E-state index contributed by atoms with van der Waals surface area (Å²) in [6, 6.07) is 5.68. The molecule has 108 valence electrons. The maximum Gasteiger partial charge on any atom is 0.108 e. The van der Waals surface area contributed by atoms with E-state index in [4.69, 9.17) is 29.0 Å². The third-order valence-electron chi connectivity index (χ3n) is 3.35. The Bertz CT molecular complexity index is 568. The standard InChI is InChI=1S/C14H18Cl2N4/c1-20-7-6-18-14(20)5-4-12(19-17)8-10-2-3-11(15)9-13(10)16/h2-3,6-7,9,12,19H,4-5,8,17H2,1H3. The summed E-state index contributed by atoms with van der Waals surface area (Å²) in [5, 5.41) is 1.32. The SMILES string of the molecule is Cn1ccnc1CCC(Cc1ccc(Cl)cc1Cl)NN. The van der Waals surface area contributed by atoms with Crippen LogP contribution < -0.4 is 11.3 Å². The molecule has 2 rings (SSSR count). The van der Waals surface area contributed by atoms with Crippen molar-refractivity contribution in [1.82, 2.24) is 15.0 Å². The third-order valence-corrected chi connectivity index (χ3v) is 3.94. The summed E-state index contributed by atoms with van der Waals surface area (Å²) in [6.45, 7) is 0. The molecule has 0 radical (unpaired) electrons. The van der Waals surface area contributed by atoms with Crippen LogP contribution in [-0.4, -0.2) is 15.6 Å². The molecule has 1 atom stereocenters. The van der Waals surface area contributed by atoms with Gasteiger partial charge in [-0.1, -0.05) is 29.3 Å². The first-order valence-electron chi connectivity index (χ1n) is 6.46. The fourth-order valence-corrected chi connectivity index (χ4v) is 2.62. The van der Waals surface area contributed by atoms with Crippen LogP contribution in [-0.2, 0) is 19.9 Å². The van der Waals surface area contributed by atoms with E-state index in [2.05, 4.69) is 10.4 Å². The third kappa shape index (κ3) is 3.96. The van der Waals surface area contributed by atoms with Crippen LogP contribution in [0.5, 0.6) is 0 Å². The van der Waals surface area contributed by atoms with E-state index in [9.17, 15) is 0 Å². The second kappa shape index (κ2) is 7.09. The Morgan fingerprint density at radius 3 is 2.80 bits per heavy atom. The number of nitrogens with one attached hydrogen (secondary N) is 1. The number of hydrazine groups is 1. The summed E-state index contributed by atoms with van der Waals surface area (Å²) < 4.78 is 2.02. The van der Waals surface area contributed by atoms with Crippen molar-refractivity contribution in [3.63, 3.8) is 0 Å². The lowest BCUT2D eigenvalue weighted by Gasteiger charge is -2.16. The Balaban J connectivity index is 1.97. The largest absolute Gasteiger partial charge is 0.338 e. The monoisotopic (exact) mass is 312 g/mol. The zero-order chi connectivity index (χ0) is 14.5. The molecule has 1 heterocycles. The molecule has 0 amide bonds. The van der Waals surface area contributed by atoms with Gasteiger partial charge in [0.25, 0.3) is 0 Å².